The standard InChI is InChI=1S/C16H18FN3O/c1-4-20-11(2)8-14(12(20)3)10-18-19-16(21)13-6-5-7-15(17)9-13/h5-10H,4H2,1-3H3,(H,19,21)/b18-10-. The topological polar surface area (TPSA) is 46.4 Å². The minimum atomic E-state index is -0.446. The van der Waals surface area contributed by atoms with Crippen LogP contribution >= 0.6 is 0 Å². The van der Waals surface area contributed by atoms with Crippen LogP contribution in [-0.4, -0.2) is 16.7 Å². The number of halogens is 1. The number of nitrogens with zero attached hydrogens (tertiary/aromatic N) is 2. The number of carbonyl (C=O) groups excluding carboxylic acids is 1. The maximum atomic E-state index is 13.0. The molecule has 2 aromatic rings. The van der Waals surface area contributed by atoms with E-state index in [1.165, 1.54) is 24.3 Å². The third-order valence-corrected chi connectivity index (χ3v) is 3.39. The summed E-state index contributed by atoms with van der Waals surface area (Å²) in [5.74, 6) is -0.881. The lowest BCUT2D eigenvalue weighted by Gasteiger charge is -2.04. The van der Waals surface area contributed by atoms with E-state index in [0.717, 1.165) is 23.5 Å². The Hall–Kier alpha value is -2.43. The lowest BCUT2D eigenvalue weighted by Crippen LogP contribution is -2.17. The van der Waals surface area contributed by atoms with Gasteiger partial charge in [-0.2, -0.15) is 5.10 Å². The van der Waals surface area contributed by atoms with Crippen molar-refractivity contribution < 1.29 is 9.18 Å². The van der Waals surface area contributed by atoms with Crippen LogP contribution < -0.4 is 5.43 Å². The highest BCUT2D eigenvalue weighted by Crippen LogP contribution is 2.12. The van der Waals surface area contributed by atoms with E-state index < -0.39 is 11.7 Å². The van der Waals surface area contributed by atoms with E-state index in [9.17, 15) is 9.18 Å². The number of carbonyl (C=O) groups is 1. The first-order valence-electron chi connectivity index (χ1n) is 6.78. The normalized spacial score (nSPS) is 11.0. The molecule has 1 heterocycles. The number of hydrogen-bond donors (Lipinski definition) is 1. The fraction of sp³-hybridized carbons (Fsp3) is 0.250. The Morgan fingerprint density at radius 2 is 2.14 bits per heavy atom. The minimum absolute atomic E-state index is 0.242. The van der Waals surface area contributed by atoms with Crippen LogP contribution in [0.2, 0.25) is 0 Å². The van der Waals surface area contributed by atoms with E-state index in [0.29, 0.717) is 0 Å². The van der Waals surface area contributed by atoms with Gasteiger partial charge in [0.25, 0.3) is 5.91 Å². The SMILES string of the molecule is CCn1c(C)cc(/C=N\NC(=O)c2cccc(F)c2)c1C. The van der Waals surface area contributed by atoms with E-state index in [1.54, 1.807) is 6.21 Å². The van der Waals surface area contributed by atoms with Gasteiger partial charge in [0.05, 0.1) is 6.21 Å². The molecule has 0 radical (unpaired) electrons. The van der Waals surface area contributed by atoms with Crippen LogP contribution in [0.25, 0.3) is 0 Å². The fourth-order valence-corrected chi connectivity index (χ4v) is 2.30. The van der Waals surface area contributed by atoms with Crippen molar-refractivity contribution in [2.24, 2.45) is 5.10 Å². The van der Waals surface area contributed by atoms with Crippen molar-refractivity contribution in [1.29, 1.82) is 0 Å². The van der Waals surface area contributed by atoms with E-state index in [1.807, 2.05) is 19.9 Å². The maximum Gasteiger partial charge on any atom is 0.271 e. The summed E-state index contributed by atoms with van der Waals surface area (Å²) < 4.78 is 15.2. The quantitative estimate of drug-likeness (QED) is 0.682. The molecule has 1 N–H and O–H groups in total. The molecule has 1 aromatic heterocycles. The van der Waals surface area contributed by atoms with E-state index >= 15 is 0 Å². The molecule has 4 nitrogen and oxygen atoms in total. The second-order valence-corrected chi connectivity index (χ2v) is 4.78. The monoisotopic (exact) mass is 287 g/mol. The smallest absolute Gasteiger partial charge is 0.271 e. The summed E-state index contributed by atoms with van der Waals surface area (Å²) in [4.78, 5) is 11.8. The Balaban J connectivity index is 2.07. The lowest BCUT2D eigenvalue weighted by atomic mass is 10.2. The van der Waals surface area contributed by atoms with Crippen LogP contribution in [0.1, 0.15) is 34.2 Å². The number of aryl methyl sites for hydroxylation is 1. The van der Waals surface area contributed by atoms with Gasteiger partial charge in [-0.1, -0.05) is 6.07 Å². The van der Waals surface area contributed by atoms with Crippen LogP contribution in [-0.2, 0) is 6.54 Å². The van der Waals surface area contributed by atoms with Crippen LogP contribution in [0.5, 0.6) is 0 Å². The van der Waals surface area contributed by atoms with Crippen molar-refractivity contribution in [2.75, 3.05) is 0 Å². The van der Waals surface area contributed by atoms with Crippen LogP contribution in [0.15, 0.2) is 35.4 Å². The summed E-state index contributed by atoms with van der Waals surface area (Å²) in [5.41, 5.74) is 5.84. The zero-order chi connectivity index (χ0) is 15.4. The molecule has 1 amide bonds. The van der Waals surface area contributed by atoms with Crippen molar-refractivity contribution in [3.8, 4) is 0 Å². The average Bonchev–Trinajstić information content (AvgIpc) is 2.73. The Morgan fingerprint density at radius 3 is 2.76 bits per heavy atom. The zero-order valence-corrected chi connectivity index (χ0v) is 12.4. The number of hydrazone groups is 1. The summed E-state index contributed by atoms with van der Waals surface area (Å²) in [6, 6.07) is 7.50. The van der Waals surface area contributed by atoms with Gasteiger partial charge in [0.2, 0.25) is 0 Å². The van der Waals surface area contributed by atoms with Gasteiger partial charge in [-0.25, -0.2) is 9.82 Å². The Bertz CT molecular complexity index is 689. The molecular weight excluding hydrogens is 269 g/mol. The van der Waals surface area contributed by atoms with Crippen molar-refractivity contribution >= 4 is 12.1 Å². The fourth-order valence-electron chi connectivity index (χ4n) is 2.30. The molecule has 0 spiro atoms. The van der Waals surface area contributed by atoms with Crippen molar-refractivity contribution in [2.45, 2.75) is 27.3 Å². The summed E-state index contributed by atoms with van der Waals surface area (Å²) in [7, 11) is 0. The molecule has 0 bridgehead atoms. The summed E-state index contributed by atoms with van der Waals surface area (Å²) >= 11 is 0. The Labute approximate surface area is 123 Å². The van der Waals surface area contributed by atoms with Gasteiger partial charge in [-0.3, -0.25) is 4.79 Å². The van der Waals surface area contributed by atoms with Crippen molar-refractivity contribution in [3.63, 3.8) is 0 Å². The van der Waals surface area contributed by atoms with E-state index in [2.05, 4.69) is 22.0 Å². The van der Waals surface area contributed by atoms with Gasteiger partial charge in [-0.15, -0.1) is 0 Å². The number of nitrogens with one attached hydrogen (secondary N) is 1. The van der Waals surface area contributed by atoms with Crippen molar-refractivity contribution in [1.82, 2.24) is 9.99 Å². The first kappa shape index (κ1) is 15.0. The molecule has 1 aromatic carbocycles. The van der Waals surface area contributed by atoms with Gasteiger partial charge in [0.1, 0.15) is 5.82 Å². The summed E-state index contributed by atoms with van der Waals surface area (Å²) in [6.07, 6.45) is 1.60. The zero-order valence-electron chi connectivity index (χ0n) is 12.4. The first-order chi connectivity index (χ1) is 10.0. The molecule has 0 aliphatic heterocycles. The molecule has 0 aliphatic rings. The number of amides is 1. The molecule has 2 rings (SSSR count). The molecular formula is C16H18FN3O. The molecule has 0 saturated heterocycles. The number of hydrogen-bond acceptors (Lipinski definition) is 2. The summed E-state index contributed by atoms with van der Waals surface area (Å²) in [5, 5.41) is 3.94. The van der Waals surface area contributed by atoms with Gasteiger partial charge >= 0.3 is 0 Å². The van der Waals surface area contributed by atoms with Gasteiger partial charge in [-0.05, 0) is 45.0 Å². The first-order valence-corrected chi connectivity index (χ1v) is 6.78. The van der Waals surface area contributed by atoms with Gasteiger partial charge in [0, 0.05) is 29.1 Å². The van der Waals surface area contributed by atoms with Crippen LogP contribution in [0, 0.1) is 19.7 Å². The highest BCUT2D eigenvalue weighted by atomic mass is 19.1. The average molecular weight is 287 g/mol. The highest BCUT2D eigenvalue weighted by molar-refractivity contribution is 5.94. The minimum Gasteiger partial charge on any atom is -0.349 e. The molecule has 0 atom stereocenters. The molecule has 5 heteroatoms. The molecule has 21 heavy (non-hydrogen) atoms. The second kappa shape index (κ2) is 6.35. The largest absolute Gasteiger partial charge is 0.349 e. The van der Waals surface area contributed by atoms with Gasteiger partial charge < -0.3 is 4.57 Å². The molecule has 0 unspecified atom stereocenters. The number of rotatable bonds is 4. The predicted molar refractivity (Wildman–Crippen MR) is 81.0 cm³/mol. The number of aromatic nitrogens is 1. The molecule has 110 valence electrons. The van der Waals surface area contributed by atoms with Crippen LogP contribution in [0.4, 0.5) is 4.39 Å². The molecule has 0 fully saturated rings. The Morgan fingerprint density at radius 1 is 1.38 bits per heavy atom. The van der Waals surface area contributed by atoms with Crippen molar-refractivity contribution in [3.05, 3.63) is 58.7 Å². The van der Waals surface area contributed by atoms with Crippen LogP contribution in [0.3, 0.4) is 0 Å². The third kappa shape index (κ3) is 3.37. The number of benzene rings is 1. The molecule has 0 saturated carbocycles. The predicted octanol–water partition coefficient (Wildman–Crippen LogP) is 3.03. The highest BCUT2D eigenvalue weighted by Gasteiger charge is 2.07. The summed E-state index contributed by atoms with van der Waals surface area (Å²) in [6.45, 7) is 7.00. The van der Waals surface area contributed by atoms with E-state index in [-0.39, 0.29) is 5.56 Å². The maximum absolute atomic E-state index is 13.0. The molecule has 0 aliphatic carbocycles. The second-order valence-electron chi connectivity index (χ2n) is 4.78. The van der Waals surface area contributed by atoms with Gasteiger partial charge in [0.15, 0.2) is 0 Å². The lowest BCUT2D eigenvalue weighted by molar-refractivity contribution is 0.0954. The van der Waals surface area contributed by atoms with E-state index in [4.69, 9.17) is 0 Å². The third-order valence-electron chi connectivity index (χ3n) is 3.39. The Kier molecular flexibility index (Phi) is 4.52.